The van der Waals surface area contributed by atoms with Crippen LogP contribution < -0.4 is 5.32 Å². The first-order valence-electron chi connectivity index (χ1n) is 9.15. The molecule has 6 nitrogen and oxygen atoms in total. The number of nitrogens with zero attached hydrogens (tertiary/aromatic N) is 4. The van der Waals surface area contributed by atoms with E-state index in [0.717, 1.165) is 4.90 Å². The zero-order chi connectivity index (χ0) is 21.1. The Morgan fingerprint density at radius 3 is 2.73 bits per heavy atom. The normalized spacial score (nSPS) is 10.8. The van der Waals surface area contributed by atoms with Crippen LogP contribution in [0.25, 0.3) is 16.9 Å². The van der Waals surface area contributed by atoms with E-state index in [0.29, 0.717) is 28.2 Å². The number of benzene rings is 2. The summed E-state index contributed by atoms with van der Waals surface area (Å²) in [6.45, 7) is 1.67. The maximum Gasteiger partial charge on any atom is 0.278 e. The first-order chi connectivity index (χ1) is 14.6. The first kappa shape index (κ1) is 19.8. The van der Waals surface area contributed by atoms with Crippen LogP contribution in [0.5, 0.6) is 0 Å². The molecular formula is C22H18FN5OS. The molecule has 2 aromatic carbocycles. The number of carbonyl (C=O) groups excluding carboxylic acids is 1. The number of anilines is 1. The number of hydrogen-bond donors (Lipinski definition) is 1. The topological polar surface area (TPSA) is 72.7 Å². The third kappa shape index (κ3) is 3.95. The van der Waals surface area contributed by atoms with E-state index in [4.69, 9.17) is 0 Å². The lowest BCUT2D eigenvalue weighted by Gasteiger charge is -2.10. The maximum absolute atomic E-state index is 13.8. The highest BCUT2D eigenvalue weighted by Gasteiger charge is 2.23. The van der Waals surface area contributed by atoms with Crippen molar-refractivity contribution in [1.82, 2.24) is 20.0 Å². The second kappa shape index (κ2) is 8.46. The van der Waals surface area contributed by atoms with Gasteiger partial charge in [-0.05, 0) is 67.3 Å². The first-order valence-corrected chi connectivity index (χ1v) is 10.4. The van der Waals surface area contributed by atoms with Crippen LogP contribution >= 0.6 is 11.8 Å². The lowest BCUT2D eigenvalue weighted by Crippen LogP contribution is -2.14. The number of thioether (sulfide) groups is 1. The van der Waals surface area contributed by atoms with Gasteiger partial charge in [-0.2, -0.15) is 0 Å². The maximum atomic E-state index is 13.8. The van der Waals surface area contributed by atoms with Gasteiger partial charge in [0.1, 0.15) is 11.5 Å². The molecule has 150 valence electrons. The molecule has 4 rings (SSSR count). The van der Waals surface area contributed by atoms with Crippen molar-refractivity contribution in [3.8, 4) is 16.9 Å². The van der Waals surface area contributed by atoms with Crippen LogP contribution in [0.2, 0.25) is 0 Å². The van der Waals surface area contributed by atoms with E-state index >= 15 is 0 Å². The van der Waals surface area contributed by atoms with Crippen molar-refractivity contribution in [2.45, 2.75) is 11.8 Å². The van der Waals surface area contributed by atoms with Crippen molar-refractivity contribution in [3.05, 3.63) is 84.1 Å². The quantitative estimate of drug-likeness (QED) is 0.473. The molecule has 2 heterocycles. The summed E-state index contributed by atoms with van der Waals surface area (Å²) in [5.74, 6) is -0.703. The summed E-state index contributed by atoms with van der Waals surface area (Å²) < 4.78 is 15.3. The summed E-state index contributed by atoms with van der Waals surface area (Å²) in [4.78, 5) is 18.2. The van der Waals surface area contributed by atoms with Gasteiger partial charge in [-0.15, -0.1) is 16.9 Å². The molecule has 0 unspecified atom stereocenters. The summed E-state index contributed by atoms with van der Waals surface area (Å²) >= 11 is 1.59. The molecular weight excluding hydrogens is 401 g/mol. The second-order valence-electron chi connectivity index (χ2n) is 6.56. The summed E-state index contributed by atoms with van der Waals surface area (Å²) in [6, 6.07) is 15.8. The summed E-state index contributed by atoms with van der Waals surface area (Å²) in [5, 5.41) is 11.2. The number of aryl methyl sites for hydroxylation is 1. The molecule has 4 aromatic rings. The molecule has 1 amide bonds. The summed E-state index contributed by atoms with van der Waals surface area (Å²) in [7, 11) is 0. The number of nitrogens with one attached hydrogen (secondary N) is 1. The molecule has 0 radical (unpaired) electrons. The fraction of sp³-hybridized carbons (Fsp3) is 0.0909. The molecule has 0 fully saturated rings. The molecule has 0 atom stereocenters. The third-order valence-corrected chi connectivity index (χ3v) is 5.26. The van der Waals surface area contributed by atoms with Crippen molar-refractivity contribution in [2.24, 2.45) is 0 Å². The Labute approximate surface area is 177 Å². The van der Waals surface area contributed by atoms with E-state index in [-0.39, 0.29) is 11.5 Å². The highest BCUT2D eigenvalue weighted by molar-refractivity contribution is 7.98. The lowest BCUT2D eigenvalue weighted by molar-refractivity contribution is 0.102. The molecule has 0 aliphatic rings. The summed E-state index contributed by atoms with van der Waals surface area (Å²) in [5.41, 5.74) is 3.04. The van der Waals surface area contributed by atoms with E-state index < -0.39 is 5.91 Å². The van der Waals surface area contributed by atoms with Crippen LogP contribution in [0, 0.1) is 12.7 Å². The van der Waals surface area contributed by atoms with E-state index in [1.807, 2.05) is 36.6 Å². The fourth-order valence-electron chi connectivity index (χ4n) is 3.03. The van der Waals surface area contributed by atoms with E-state index in [2.05, 4.69) is 20.6 Å². The van der Waals surface area contributed by atoms with Crippen molar-refractivity contribution in [2.75, 3.05) is 11.6 Å². The Morgan fingerprint density at radius 1 is 1.13 bits per heavy atom. The molecule has 8 heteroatoms. The third-order valence-electron chi connectivity index (χ3n) is 4.53. The average Bonchev–Trinajstić information content (AvgIpc) is 3.22. The van der Waals surface area contributed by atoms with Crippen LogP contribution in [0.15, 0.2) is 71.9 Å². The van der Waals surface area contributed by atoms with Gasteiger partial charge in [-0.25, -0.2) is 9.07 Å². The van der Waals surface area contributed by atoms with Crippen molar-refractivity contribution < 1.29 is 9.18 Å². The van der Waals surface area contributed by atoms with Crippen LogP contribution in [0.1, 0.15) is 16.1 Å². The van der Waals surface area contributed by atoms with Gasteiger partial charge in [0, 0.05) is 28.5 Å². The number of aromatic nitrogens is 4. The predicted octanol–water partition coefficient (Wildman–Crippen LogP) is 4.75. The van der Waals surface area contributed by atoms with Crippen molar-refractivity contribution in [3.63, 3.8) is 0 Å². The zero-order valence-electron chi connectivity index (χ0n) is 16.3. The van der Waals surface area contributed by atoms with Gasteiger partial charge in [0.05, 0.1) is 5.69 Å². The smallest absolute Gasteiger partial charge is 0.278 e. The molecule has 0 aliphatic carbocycles. The number of pyridine rings is 1. The number of rotatable bonds is 5. The van der Waals surface area contributed by atoms with Gasteiger partial charge in [-0.3, -0.25) is 9.78 Å². The molecule has 0 saturated carbocycles. The van der Waals surface area contributed by atoms with E-state index in [1.165, 1.54) is 10.7 Å². The standard InChI is InChI=1S/C22H18FN5OS/c1-14-11-17(8-9-19(14)23)28-21(15-5-4-10-24-13-15)20(26-27-28)22(29)25-16-6-3-7-18(12-16)30-2/h3-13H,1-2H3,(H,25,29). The van der Waals surface area contributed by atoms with Crippen LogP contribution in [0.4, 0.5) is 10.1 Å². The zero-order valence-corrected chi connectivity index (χ0v) is 17.2. The molecule has 0 spiro atoms. The molecule has 0 aliphatic heterocycles. The minimum Gasteiger partial charge on any atom is -0.320 e. The minimum absolute atomic E-state index is 0.152. The SMILES string of the molecule is CSc1cccc(NC(=O)c2nnn(-c3ccc(F)c(C)c3)c2-c2cccnc2)c1. The molecule has 0 bridgehead atoms. The Hall–Kier alpha value is -3.52. The Kier molecular flexibility index (Phi) is 5.58. The second-order valence-corrected chi connectivity index (χ2v) is 7.44. The molecule has 1 N–H and O–H groups in total. The van der Waals surface area contributed by atoms with Gasteiger partial charge < -0.3 is 5.32 Å². The average molecular weight is 419 g/mol. The van der Waals surface area contributed by atoms with Crippen molar-refractivity contribution >= 4 is 23.4 Å². The minimum atomic E-state index is -0.391. The highest BCUT2D eigenvalue weighted by atomic mass is 32.2. The Bertz CT molecular complexity index is 1210. The van der Waals surface area contributed by atoms with Gasteiger partial charge in [0.2, 0.25) is 0 Å². The van der Waals surface area contributed by atoms with Gasteiger partial charge in [0.25, 0.3) is 5.91 Å². The predicted molar refractivity (Wildman–Crippen MR) is 115 cm³/mol. The van der Waals surface area contributed by atoms with E-state index in [9.17, 15) is 9.18 Å². The van der Waals surface area contributed by atoms with Crippen LogP contribution in [-0.4, -0.2) is 32.1 Å². The van der Waals surface area contributed by atoms with E-state index in [1.54, 1.807) is 49.3 Å². The Morgan fingerprint density at radius 2 is 2.00 bits per heavy atom. The molecule has 0 saturated heterocycles. The highest BCUT2D eigenvalue weighted by Crippen LogP contribution is 2.27. The number of carbonyl (C=O) groups is 1. The largest absolute Gasteiger partial charge is 0.320 e. The Balaban J connectivity index is 1.79. The number of hydrogen-bond acceptors (Lipinski definition) is 5. The monoisotopic (exact) mass is 419 g/mol. The number of halogens is 1. The van der Waals surface area contributed by atoms with Crippen molar-refractivity contribution in [1.29, 1.82) is 0 Å². The van der Waals surface area contributed by atoms with Gasteiger partial charge >= 0.3 is 0 Å². The van der Waals surface area contributed by atoms with Gasteiger partial charge in [0.15, 0.2) is 5.69 Å². The molecule has 2 aromatic heterocycles. The molecule has 30 heavy (non-hydrogen) atoms. The summed E-state index contributed by atoms with van der Waals surface area (Å²) in [6.07, 6.45) is 5.25. The lowest BCUT2D eigenvalue weighted by atomic mass is 10.1. The fourth-order valence-corrected chi connectivity index (χ4v) is 3.49. The number of amides is 1. The van der Waals surface area contributed by atoms with Crippen LogP contribution in [0.3, 0.4) is 0 Å². The van der Waals surface area contributed by atoms with Crippen LogP contribution in [-0.2, 0) is 0 Å². The van der Waals surface area contributed by atoms with Gasteiger partial charge in [-0.1, -0.05) is 11.3 Å².